The van der Waals surface area contributed by atoms with Crippen LogP contribution in [0.1, 0.15) is 18.4 Å². The van der Waals surface area contributed by atoms with Crippen LogP contribution in [0.4, 0.5) is 23.2 Å². The Hall–Kier alpha value is -1.88. The van der Waals surface area contributed by atoms with Gasteiger partial charge < -0.3 is 5.73 Å². The fourth-order valence-electron chi connectivity index (χ4n) is 2.58. The predicted octanol–water partition coefficient (Wildman–Crippen LogP) is 1.98. The molecule has 138 valence electrons. The number of anilines is 1. The van der Waals surface area contributed by atoms with E-state index in [0.29, 0.717) is 22.7 Å². The Labute approximate surface area is 141 Å². The Morgan fingerprint density at radius 1 is 1.24 bits per heavy atom. The van der Waals surface area contributed by atoms with E-state index in [1.165, 1.54) is 17.1 Å². The number of rotatable bonds is 4. The van der Waals surface area contributed by atoms with Gasteiger partial charge in [-0.15, -0.1) is 0 Å². The van der Waals surface area contributed by atoms with Gasteiger partial charge >= 0.3 is 15.5 Å². The van der Waals surface area contributed by atoms with E-state index in [0.717, 1.165) is 0 Å². The van der Waals surface area contributed by atoms with Crippen molar-refractivity contribution in [1.82, 2.24) is 4.31 Å². The van der Waals surface area contributed by atoms with Crippen LogP contribution in [0.25, 0.3) is 0 Å². The van der Waals surface area contributed by atoms with E-state index >= 15 is 0 Å². The van der Waals surface area contributed by atoms with Crippen molar-refractivity contribution in [2.75, 3.05) is 18.1 Å². The van der Waals surface area contributed by atoms with Gasteiger partial charge in [0.05, 0.1) is 18.8 Å². The van der Waals surface area contributed by atoms with E-state index in [9.17, 15) is 26.0 Å². The first-order valence-corrected chi connectivity index (χ1v) is 9.02. The van der Waals surface area contributed by atoms with Crippen LogP contribution in [0.5, 0.6) is 0 Å². The van der Waals surface area contributed by atoms with Crippen LogP contribution in [0.2, 0.25) is 0 Å². The van der Waals surface area contributed by atoms with E-state index < -0.39 is 27.9 Å². The van der Waals surface area contributed by atoms with E-state index in [2.05, 4.69) is 5.10 Å². The number of nitrogens with two attached hydrogens (primary N) is 1. The van der Waals surface area contributed by atoms with Gasteiger partial charge in [-0.3, -0.25) is 5.01 Å². The quantitative estimate of drug-likeness (QED) is 0.811. The lowest BCUT2D eigenvalue weighted by Gasteiger charge is -2.34. The highest BCUT2D eigenvalue weighted by Crippen LogP contribution is 2.38. The third kappa shape index (κ3) is 3.30. The second-order valence-corrected chi connectivity index (χ2v) is 7.72. The Bertz CT molecular complexity index is 806. The molecule has 1 saturated carbocycles. The molecular weight excluding hydrogens is 364 g/mol. The summed E-state index contributed by atoms with van der Waals surface area (Å²) in [5, 5.41) is 5.22. The van der Waals surface area contributed by atoms with Gasteiger partial charge in [0, 0.05) is 12.5 Å². The maximum atomic E-state index is 14.2. The summed E-state index contributed by atoms with van der Waals surface area (Å²) in [6.45, 7) is -0.495. The molecule has 0 bridgehead atoms. The van der Waals surface area contributed by atoms with Gasteiger partial charge in [-0.25, -0.2) is 8.70 Å². The third-order valence-electron chi connectivity index (χ3n) is 4.04. The Morgan fingerprint density at radius 3 is 2.44 bits per heavy atom. The molecule has 0 aromatic heterocycles. The number of nitrogens with zero attached hydrogens (tertiary/aromatic N) is 3. The lowest BCUT2D eigenvalue weighted by atomic mass is 10.2. The normalized spacial score (nSPS) is 19.2. The SMILES string of the molecule is NCc1ccc(N2CCN(S(=O)(=O)C(F)(F)F)C(C3CC3)=N2)c(F)c1. The molecule has 1 heterocycles. The Kier molecular flexibility index (Phi) is 4.40. The van der Waals surface area contributed by atoms with Crippen LogP contribution in [0, 0.1) is 11.7 Å². The largest absolute Gasteiger partial charge is 0.516 e. The fraction of sp³-hybridized carbons (Fsp3) is 0.500. The second kappa shape index (κ2) is 6.13. The molecule has 0 amide bonds. The van der Waals surface area contributed by atoms with Gasteiger partial charge in [-0.2, -0.15) is 26.7 Å². The zero-order valence-corrected chi connectivity index (χ0v) is 13.8. The summed E-state index contributed by atoms with van der Waals surface area (Å²) in [5.74, 6) is -1.17. The smallest absolute Gasteiger partial charge is 0.326 e. The number of alkyl halides is 3. The average molecular weight is 380 g/mol. The van der Waals surface area contributed by atoms with E-state index in [1.807, 2.05) is 0 Å². The maximum absolute atomic E-state index is 14.2. The molecule has 1 fully saturated rings. The van der Waals surface area contributed by atoms with E-state index in [1.54, 1.807) is 6.07 Å². The van der Waals surface area contributed by atoms with E-state index in [4.69, 9.17) is 5.73 Å². The number of sulfonamides is 1. The molecule has 1 aliphatic carbocycles. The van der Waals surface area contributed by atoms with Gasteiger partial charge in [0.25, 0.3) is 0 Å². The molecule has 2 aliphatic rings. The van der Waals surface area contributed by atoms with Crippen molar-refractivity contribution in [3.63, 3.8) is 0 Å². The minimum absolute atomic E-state index is 0.0689. The summed E-state index contributed by atoms with van der Waals surface area (Å²) < 4.78 is 76.6. The minimum Gasteiger partial charge on any atom is -0.326 e. The van der Waals surface area contributed by atoms with Crippen LogP contribution in [-0.4, -0.2) is 37.2 Å². The molecule has 0 atom stereocenters. The summed E-state index contributed by atoms with van der Waals surface area (Å²) in [4.78, 5) is 0. The van der Waals surface area contributed by atoms with E-state index in [-0.39, 0.29) is 30.5 Å². The fourth-order valence-corrected chi connectivity index (χ4v) is 3.58. The molecular formula is C14H16F4N4O2S. The number of hydrogen-bond acceptors (Lipinski definition) is 5. The number of benzene rings is 1. The second-order valence-electron chi connectivity index (χ2n) is 5.87. The first-order valence-electron chi connectivity index (χ1n) is 7.58. The molecule has 3 rings (SSSR count). The highest BCUT2D eigenvalue weighted by Gasteiger charge is 2.53. The number of halogens is 4. The summed E-state index contributed by atoms with van der Waals surface area (Å²) in [7, 11) is -5.51. The third-order valence-corrected chi connectivity index (χ3v) is 5.58. The highest BCUT2D eigenvalue weighted by molar-refractivity contribution is 7.90. The van der Waals surface area contributed by atoms with Crippen LogP contribution in [0.15, 0.2) is 23.3 Å². The standard InChI is InChI=1S/C14H16F4N4O2S/c15-11-7-9(8-19)1-4-12(11)21-5-6-22(13(20-21)10-2-3-10)25(23,24)14(16,17)18/h1,4,7,10H,2-3,5-6,8,19H2. The van der Waals surface area contributed by atoms with Gasteiger partial charge in [0.15, 0.2) is 0 Å². The highest BCUT2D eigenvalue weighted by atomic mass is 32.2. The van der Waals surface area contributed by atoms with Gasteiger partial charge in [-0.1, -0.05) is 6.07 Å². The topological polar surface area (TPSA) is 79.0 Å². The molecule has 0 unspecified atom stereocenters. The van der Waals surface area contributed by atoms with Crippen LogP contribution in [0.3, 0.4) is 0 Å². The lowest BCUT2D eigenvalue weighted by molar-refractivity contribution is -0.0473. The van der Waals surface area contributed by atoms with Crippen molar-refractivity contribution in [3.05, 3.63) is 29.6 Å². The maximum Gasteiger partial charge on any atom is 0.516 e. The zero-order chi connectivity index (χ0) is 18.4. The van der Waals surface area contributed by atoms with Gasteiger partial charge in [0.1, 0.15) is 11.7 Å². The lowest BCUT2D eigenvalue weighted by Crippen LogP contribution is -2.51. The molecule has 0 radical (unpaired) electrons. The van der Waals surface area contributed by atoms with Crippen LogP contribution >= 0.6 is 0 Å². The van der Waals surface area contributed by atoms with Gasteiger partial charge in [0.2, 0.25) is 0 Å². The monoisotopic (exact) mass is 380 g/mol. The number of hydrogen-bond donors (Lipinski definition) is 1. The number of amidine groups is 1. The van der Waals surface area contributed by atoms with Crippen LogP contribution < -0.4 is 10.7 Å². The van der Waals surface area contributed by atoms with Crippen molar-refractivity contribution in [1.29, 1.82) is 0 Å². The molecule has 0 saturated heterocycles. The molecule has 6 nitrogen and oxygen atoms in total. The molecule has 2 N–H and O–H groups in total. The minimum atomic E-state index is -5.51. The molecule has 1 aromatic rings. The average Bonchev–Trinajstić information content (AvgIpc) is 3.38. The van der Waals surface area contributed by atoms with Crippen molar-refractivity contribution in [3.8, 4) is 0 Å². The van der Waals surface area contributed by atoms with Crippen molar-refractivity contribution < 1.29 is 26.0 Å². The molecule has 0 spiro atoms. The Morgan fingerprint density at radius 2 is 1.92 bits per heavy atom. The van der Waals surface area contributed by atoms with Crippen molar-refractivity contribution in [2.45, 2.75) is 24.9 Å². The Balaban J connectivity index is 1.97. The molecule has 11 heteroatoms. The predicted molar refractivity (Wildman–Crippen MR) is 83.5 cm³/mol. The first kappa shape index (κ1) is 17.9. The summed E-state index contributed by atoms with van der Waals surface area (Å²) >= 11 is 0. The van der Waals surface area contributed by atoms with Crippen molar-refractivity contribution >= 4 is 21.5 Å². The van der Waals surface area contributed by atoms with Crippen LogP contribution in [-0.2, 0) is 16.6 Å². The number of hydrazone groups is 1. The first-order chi connectivity index (χ1) is 11.6. The molecule has 1 aliphatic heterocycles. The molecule has 25 heavy (non-hydrogen) atoms. The summed E-state index contributed by atoms with van der Waals surface area (Å²) in [6, 6.07) is 4.24. The van der Waals surface area contributed by atoms with Crippen molar-refractivity contribution in [2.24, 2.45) is 16.8 Å². The van der Waals surface area contributed by atoms with Gasteiger partial charge in [-0.05, 0) is 30.5 Å². The summed E-state index contributed by atoms with van der Waals surface area (Å²) in [6.07, 6.45) is 1.09. The molecule has 1 aromatic carbocycles. The summed E-state index contributed by atoms with van der Waals surface area (Å²) in [5.41, 5.74) is 0.662. The zero-order valence-electron chi connectivity index (χ0n) is 13.0.